The van der Waals surface area contributed by atoms with Crippen molar-refractivity contribution in [2.45, 2.75) is 0 Å². The lowest BCUT2D eigenvalue weighted by molar-refractivity contribution is -0.831. The van der Waals surface area contributed by atoms with Crippen LogP contribution in [-0.2, 0) is 7.05 Å². The zero-order valence-corrected chi connectivity index (χ0v) is 5.48. The first kappa shape index (κ1) is 6.91. The van der Waals surface area contributed by atoms with Crippen LogP contribution in [0.5, 0.6) is 0 Å². The second-order valence-electron chi connectivity index (χ2n) is 1.85. The summed E-state index contributed by atoms with van der Waals surface area (Å²) in [4.78, 5) is 13.9. The van der Waals surface area contributed by atoms with E-state index in [2.05, 4.69) is 4.98 Å². The van der Waals surface area contributed by atoms with Gasteiger partial charge in [-0.05, 0) is 0 Å². The molecule has 1 aromatic heterocycles. The predicted octanol–water partition coefficient (Wildman–Crippen LogP) is -1.18. The first-order valence-corrected chi connectivity index (χ1v) is 2.74. The van der Waals surface area contributed by atoms with Gasteiger partial charge >= 0.3 is 5.95 Å². The highest BCUT2D eigenvalue weighted by Crippen LogP contribution is 1.98. The third-order valence-electron chi connectivity index (χ3n) is 1.30. The Bertz CT molecular complexity index is 243. The van der Waals surface area contributed by atoms with Crippen molar-refractivity contribution in [3.63, 3.8) is 0 Å². The highest BCUT2D eigenvalue weighted by Gasteiger charge is 2.06. The molecule has 0 saturated heterocycles. The number of nitrogens with zero attached hydrogens (tertiary/aromatic N) is 2. The normalized spacial score (nSPS) is 9.80. The van der Waals surface area contributed by atoms with Gasteiger partial charge in [0.25, 0.3) is 0 Å². The summed E-state index contributed by atoms with van der Waals surface area (Å²) in [5, 5.41) is 8.50. The molecule has 0 bridgehead atoms. The fourth-order valence-electron chi connectivity index (χ4n) is 0.667. The van der Waals surface area contributed by atoms with Crippen LogP contribution in [0.3, 0.4) is 0 Å². The van der Waals surface area contributed by atoms with Crippen LogP contribution in [0.2, 0.25) is 0 Å². The summed E-state index contributed by atoms with van der Waals surface area (Å²) in [5.41, 5.74) is 1.30. The van der Waals surface area contributed by atoms with Gasteiger partial charge in [-0.2, -0.15) is 4.98 Å². The molecule has 5 nitrogen and oxygen atoms in total. The van der Waals surface area contributed by atoms with Gasteiger partial charge in [0.15, 0.2) is 6.29 Å². The minimum atomic E-state index is 0.377. The first-order valence-electron chi connectivity index (χ1n) is 2.74. The van der Waals surface area contributed by atoms with Gasteiger partial charge in [-0.3, -0.25) is 9.36 Å². The van der Waals surface area contributed by atoms with E-state index in [1.54, 1.807) is 7.05 Å². The van der Waals surface area contributed by atoms with E-state index in [0.717, 1.165) is 5.48 Å². The molecule has 0 aliphatic carbocycles. The summed E-state index contributed by atoms with van der Waals surface area (Å²) in [5.74, 6) is 0.377. The van der Waals surface area contributed by atoms with E-state index >= 15 is 0 Å². The Kier molecular flexibility index (Phi) is 1.79. The molecule has 1 aromatic rings. The summed E-state index contributed by atoms with van der Waals surface area (Å²) < 4.78 is 1.49. The smallest absolute Gasteiger partial charge is 0.296 e. The van der Waals surface area contributed by atoms with Gasteiger partial charge in [0.1, 0.15) is 5.69 Å². The van der Waals surface area contributed by atoms with Crippen LogP contribution in [0.4, 0.5) is 5.95 Å². The second-order valence-corrected chi connectivity index (χ2v) is 1.85. The van der Waals surface area contributed by atoms with Crippen LogP contribution in [0.1, 0.15) is 10.5 Å². The van der Waals surface area contributed by atoms with Crippen LogP contribution in [0.25, 0.3) is 0 Å². The molecule has 0 amide bonds. The molecule has 5 heteroatoms. The maximum Gasteiger partial charge on any atom is 0.339 e. The van der Waals surface area contributed by atoms with Gasteiger partial charge in [0.2, 0.25) is 0 Å². The number of nitrogens with two attached hydrogens (primary N) is 1. The van der Waals surface area contributed by atoms with E-state index in [0.29, 0.717) is 17.9 Å². The van der Waals surface area contributed by atoms with Crippen molar-refractivity contribution < 1.29 is 15.5 Å². The number of imidazole rings is 1. The number of carbonyl (C=O) groups is 1. The molecule has 0 saturated carbocycles. The molecule has 0 radical (unpaired) electrons. The van der Waals surface area contributed by atoms with Gasteiger partial charge in [-0.1, -0.05) is 0 Å². The van der Waals surface area contributed by atoms with Gasteiger partial charge < -0.3 is 0 Å². The highest BCUT2D eigenvalue weighted by molar-refractivity contribution is 5.72. The number of hydrogen-bond donors (Lipinski definition) is 2. The Morgan fingerprint density at radius 3 is 2.90 bits per heavy atom. The first-order chi connectivity index (χ1) is 4.79. The Balaban J connectivity index is 3.08. The van der Waals surface area contributed by atoms with Gasteiger partial charge in [-0.15, -0.1) is 5.48 Å². The van der Waals surface area contributed by atoms with Gasteiger partial charge in [0.05, 0.1) is 6.20 Å². The molecule has 3 N–H and O–H groups in total. The highest BCUT2D eigenvalue weighted by atomic mass is 16.5. The van der Waals surface area contributed by atoms with Crippen molar-refractivity contribution in [2.75, 3.05) is 0 Å². The number of rotatable bonds is 2. The third-order valence-corrected chi connectivity index (χ3v) is 1.30. The minimum Gasteiger partial charge on any atom is -0.296 e. The minimum absolute atomic E-state index is 0.377. The summed E-state index contributed by atoms with van der Waals surface area (Å²) in [6.07, 6.45) is 2.08. The molecule has 0 spiro atoms. The zero-order chi connectivity index (χ0) is 7.56. The van der Waals surface area contributed by atoms with E-state index in [1.165, 1.54) is 10.8 Å². The zero-order valence-electron chi connectivity index (χ0n) is 5.48. The molecule has 10 heavy (non-hydrogen) atoms. The quantitative estimate of drug-likeness (QED) is 0.403. The molecule has 54 valence electrons. The average molecular weight is 142 g/mol. The van der Waals surface area contributed by atoms with Gasteiger partial charge in [-0.25, -0.2) is 5.21 Å². The Morgan fingerprint density at radius 1 is 1.90 bits per heavy atom. The van der Waals surface area contributed by atoms with Crippen molar-refractivity contribution in [1.82, 2.24) is 9.55 Å². The lowest BCUT2D eigenvalue weighted by atomic mass is 10.5. The maximum absolute atomic E-state index is 10.2. The van der Waals surface area contributed by atoms with Crippen LogP contribution < -0.4 is 5.48 Å². The Hall–Kier alpha value is -1.20. The fraction of sp³-hybridized carbons (Fsp3) is 0.200. The van der Waals surface area contributed by atoms with Crippen molar-refractivity contribution in [2.24, 2.45) is 7.05 Å². The van der Waals surface area contributed by atoms with Crippen molar-refractivity contribution in [3.8, 4) is 0 Å². The predicted molar refractivity (Wildman–Crippen MR) is 32.0 cm³/mol. The van der Waals surface area contributed by atoms with E-state index < -0.39 is 0 Å². The Labute approximate surface area is 57.3 Å². The molecular weight excluding hydrogens is 134 g/mol. The maximum atomic E-state index is 10.2. The lowest BCUT2D eigenvalue weighted by Gasteiger charge is -1.92. The summed E-state index contributed by atoms with van der Waals surface area (Å²) in [6.45, 7) is 0. The molecule has 0 atom stereocenters. The number of hydrogen-bond acceptors (Lipinski definition) is 3. The van der Waals surface area contributed by atoms with Gasteiger partial charge in [0, 0.05) is 7.05 Å². The third kappa shape index (κ3) is 0.916. The topological polar surface area (TPSA) is 71.7 Å². The summed E-state index contributed by atoms with van der Waals surface area (Å²) in [7, 11) is 1.65. The van der Waals surface area contributed by atoms with Crippen molar-refractivity contribution >= 4 is 12.2 Å². The van der Waals surface area contributed by atoms with E-state index in [9.17, 15) is 4.79 Å². The molecule has 1 heterocycles. The van der Waals surface area contributed by atoms with E-state index in [-0.39, 0.29) is 0 Å². The molecule has 0 aliphatic heterocycles. The van der Waals surface area contributed by atoms with E-state index in [4.69, 9.17) is 5.21 Å². The summed E-state index contributed by atoms with van der Waals surface area (Å²) >= 11 is 0. The van der Waals surface area contributed by atoms with E-state index in [1.807, 2.05) is 0 Å². The monoisotopic (exact) mass is 142 g/mol. The Morgan fingerprint density at radius 2 is 2.60 bits per heavy atom. The van der Waals surface area contributed by atoms with Crippen LogP contribution >= 0.6 is 0 Å². The SMILES string of the molecule is Cn1c(C=O)cnc1[NH2+]O. The molecule has 0 unspecified atom stereocenters. The molecule has 0 aromatic carbocycles. The molecule has 0 fully saturated rings. The number of aromatic nitrogens is 2. The van der Waals surface area contributed by atoms with Crippen LogP contribution in [0.15, 0.2) is 6.20 Å². The molecule has 1 rings (SSSR count). The standard InChI is InChI=1S/C5H7N3O2/c1-8-4(3-9)2-6-5(8)7-10/h2-3,10H,1H3,(H,6,7)/p+1. The van der Waals surface area contributed by atoms with Crippen LogP contribution in [-0.4, -0.2) is 21.0 Å². The lowest BCUT2D eigenvalue weighted by Crippen LogP contribution is -2.75. The number of quaternary nitrogens is 1. The van der Waals surface area contributed by atoms with Crippen molar-refractivity contribution in [3.05, 3.63) is 11.9 Å². The van der Waals surface area contributed by atoms with Crippen molar-refractivity contribution in [1.29, 1.82) is 0 Å². The molecular formula is C5H8N3O2+. The van der Waals surface area contributed by atoms with Crippen LogP contribution in [0, 0.1) is 0 Å². The number of aldehydes is 1. The largest absolute Gasteiger partial charge is 0.339 e. The molecule has 0 aliphatic rings. The second kappa shape index (κ2) is 2.59. The summed E-state index contributed by atoms with van der Waals surface area (Å²) in [6, 6.07) is 0. The number of carbonyl (C=O) groups excluding carboxylic acids is 1. The fourth-order valence-corrected chi connectivity index (χ4v) is 0.667. The average Bonchev–Trinajstić information content (AvgIpc) is 2.30.